The number of rotatable bonds is 7. The Hall–Kier alpha value is -1.52. The molecule has 5 unspecified atom stereocenters. The zero-order chi connectivity index (χ0) is 23.5. The van der Waals surface area contributed by atoms with Gasteiger partial charge in [-0.05, 0) is 62.2 Å². The molecular weight excluding hydrogens is 403 g/mol. The largest absolute Gasteiger partial charge is 0.393 e. The second-order valence-electron chi connectivity index (χ2n) is 10.4. The van der Waals surface area contributed by atoms with Crippen molar-refractivity contribution >= 4 is 5.78 Å². The first kappa shape index (κ1) is 25.1. The zero-order valence-corrected chi connectivity index (χ0v) is 20.2. The maximum Gasteiger partial charge on any atom is 0.193 e. The standard InChI is InChI=1S/C28H41FO3/c1-5-28(32,6-2)16-7-9-19(3)23-13-14-24-20(10-8-15-27(23,24)4)11-12-21-17-22(30)18-25(29)26(21)31/h7,9,11-13,19,22,24-25,30,32H,5-6,8,10,14-18H2,1-4H3/b9-7+,20-11+,21-12-. The Morgan fingerprint density at radius 1 is 1.31 bits per heavy atom. The van der Waals surface area contributed by atoms with Gasteiger partial charge >= 0.3 is 0 Å². The van der Waals surface area contributed by atoms with Gasteiger partial charge in [0.05, 0.1) is 11.7 Å². The van der Waals surface area contributed by atoms with E-state index in [1.165, 1.54) is 11.1 Å². The molecule has 2 N–H and O–H groups in total. The maximum atomic E-state index is 13.9. The molecule has 0 heterocycles. The van der Waals surface area contributed by atoms with Gasteiger partial charge in [0.1, 0.15) is 0 Å². The highest BCUT2D eigenvalue weighted by Crippen LogP contribution is 2.56. The van der Waals surface area contributed by atoms with Crippen LogP contribution in [0.25, 0.3) is 0 Å². The van der Waals surface area contributed by atoms with Crippen molar-refractivity contribution in [2.75, 3.05) is 0 Å². The number of carbonyl (C=O) groups excluding carboxylic acids is 1. The van der Waals surface area contributed by atoms with Crippen LogP contribution in [0.1, 0.15) is 85.5 Å². The van der Waals surface area contributed by atoms with E-state index in [-0.39, 0.29) is 18.3 Å². The van der Waals surface area contributed by atoms with E-state index in [0.29, 0.717) is 23.8 Å². The Bertz CT molecular complexity index is 817. The number of halogens is 1. The molecule has 0 amide bonds. The molecule has 0 aliphatic heterocycles. The Kier molecular flexibility index (Phi) is 7.98. The fourth-order valence-corrected chi connectivity index (χ4v) is 6.03. The number of hydrogen-bond acceptors (Lipinski definition) is 3. The molecule has 0 saturated heterocycles. The highest BCUT2D eigenvalue weighted by Gasteiger charge is 2.45. The van der Waals surface area contributed by atoms with Gasteiger partial charge in [0, 0.05) is 18.4 Å². The minimum Gasteiger partial charge on any atom is -0.393 e. The van der Waals surface area contributed by atoms with Gasteiger partial charge in [-0.25, -0.2) is 4.39 Å². The predicted octanol–water partition coefficient (Wildman–Crippen LogP) is 6.17. The van der Waals surface area contributed by atoms with E-state index in [9.17, 15) is 19.4 Å². The van der Waals surface area contributed by atoms with Crippen molar-refractivity contribution in [3.8, 4) is 0 Å². The molecule has 0 bridgehead atoms. The van der Waals surface area contributed by atoms with Gasteiger partial charge in [0.15, 0.2) is 12.0 Å². The van der Waals surface area contributed by atoms with E-state index in [4.69, 9.17) is 0 Å². The van der Waals surface area contributed by atoms with Crippen molar-refractivity contribution < 1.29 is 19.4 Å². The van der Waals surface area contributed by atoms with Crippen molar-refractivity contribution in [3.63, 3.8) is 0 Å². The predicted molar refractivity (Wildman–Crippen MR) is 128 cm³/mol. The third kappa shape index (κ3) is 5.17. The molecule has 4 heteroatoms. The summed E-state index contributed by atoms with van der Waals surface area (Å²) in [6, 6.07) is 0. The van der Waals surface area contributed by atoms with Crippen LogP contribution in [0.2, 0.25) is 0 Å². The van der Waals surface area contributed by atoms with E-state index in [2.05, 4.69) is 32.1 Å². The van der Waals surface area contributed by atoms with Gasteiger partial charge in [-0.1, -0.05) is 69.2 Å². The number of carbonyl (C=O) groups is 1. The monoisotopic (exact) mass is 444 g/mol. The van der Waals surface area contributed by atoms with Crippen LogP contribution < -0.4 is 0 Å². The number of Topliss-reactive ketones (excluding diaryl/α,β-unsaturated/α-hetero) is 1. The van der Waals surface area contributed by atoms with Crippen LogP contribution >= 0.6 is 0 Å². The molecule has 178 valence electrons. The topological polar surface area (TPSA) is 57.5 Å². The van der Waals surface area contributed by atoms with Gasteiger partial charge in [-0.2, -0.15) is 0 Å². The van der Waals surface area contributed by atoms with Crippen molar-refractivity contribution in [2.24, 2.45) is 17.3 Å². The van der Waals surface area contributed by atoms with Crippen molar-refractivity contribution in [2.45, 2.75) is 103 Å². The van der Waals surface area contributed by atoms with Crippen LogP contribution in [-0.4, -0.2) is 33.9 Å². The molecule has 5 atom stereocenters. The van der Waals surface area contributed by atoms with E-state index in [0.717, 1.165) is 38.5 Å². The first-order valence-corrected chi connectivity index (χ1v) is 12.5. The second-order valence-corrected chi connectivity index (χ2v) is 10.4. The fraction of sp³-hybridized carbons (Fsp3) is 0.679. The minimum absolute atomic E-state index is 0.0833. The molecule has 2 fully saturated rings. The minimum atomic E-state index is -1.58. The number of allylic oxidation sites excluding steroid dienone is 6. The van der Waals surface area contributed by atoms with E-state index in [1.54, 1.807) is 6.08 Å². The van der Waals surface area contributed by atoms with Crippen molar-refractivity contribution in [1.29, 1.82) is 0 Å². The number of aliphatic hydroxyl groups is 2. The summed E-state index contributed by atoms with van der Waals surface area (Å²) in [5.41, 5.74) is 2.71. The number of aliphatic hydroxyl groups excluding tert-OH is 1. The Morgan fingerprint density at radius 3 is 2.72 bits per heavy atom. The smallest absolute Gasteiger partial charge is 0.193 e. The summed E-state index contributed by atoms with van der Waals surface area (Å²) in [5, 5.41) is 20.4. The number of fused-ring (bicyclic) bond motifs is 1. The van der Waals surface area contributed by atoms with Crippen molar-refractivity contribution in [1.82, 2.24) is 0 Å². The first-order valence-electron chi connectivity index (χ1n) is 12.5. The maximum absolute atomic E-state index is 13.9. The number of ketones is 1. The summed E-state index contributed by atoms with van der Waals surface area (Å²) < 4.78 is 13.9. The highest BCUT2D eigenvalue weighted by molar-refractivity contribution is 5.99. The van der Waals surface area contributed by atoms with Crippen molar-refractivity contribution in [3.05, 3.63) is 47.1 Å². The van der Waals surface area contributed by atoms with Gasteiger partial charge in [-0.3, -0.25) is 4.79 Å². The number of alkyl halides is 1. The lowest BCUT2D eigenvalue weighted by molar-refractivity contribution is -0.123. The van der Waals surface area contributed by atoms with Crippen LogP contribution in [0.5, 0.6) is 0 Å². The molecule has 3 aliphatic rings. The molecule has 32 heavy (non-hydrogen) atoms. The van der Waals surface area contributed by atoms with Gasteiger partial charge < -0.3 is 10.2 Å². The first-order chi connectivity index (χ1) is 15.1. The highest BCUT2D eigenvalue weighted by atomic mass is 19.1. The van der Waals surface area contributed by atoms with E-state index >= 15 is 0 Å². The van der Waals surface area contributed by atoms with E-state index < -0.39 is 23.7 Å². The summed E-state index contributed by atoms with van der Waals surface area (Å²) in [6.07, 6.45) is 14.9. The lowest BCUT2D eigenvalue weighted by Crippen LogP contribution is -2.32. The molecule has 3 aliphatic carbocycles. The third-order valence-corrected chi connectivity index (χ3v) is 8.37. The summed E-state index contributed by atoms with van der Waals surface area (Å²) >= 11 is 0. The average Bonchev–Trinajstić information content (AvgIpc) is 3.12. The molecule has 3 nitrogen and oxygen atoms in total. The molecule has 0 aromatic rings. The lowest BCUT2D eigenvalue weighted by Gasteiger charge is -2.42. The van der Waals surface area contributed by atoms with Crippen LogP contribution in [-0.2, 0) is 4.79 Å². The summed E-state index contributed by atoms with van der Waals surface area (Å²) in [4.78, 5) is 12.2. The fourth-order valence-electron chi connectivity index (χ4n) is 6.03. The quantitative estimate of drug-likeness (QED) is 0.365. The molecule has 0 radical (unpaired) electrons. The molecular formula is C28H41FO3. The Balaban J connectivity index is 1.73. The summed E-state index contributed by atoms with van der Waals surface area (Å²) in [6.45, 7) is 8.68. The number of hydrogen-bond donors (Lipinski definition) is 2. The third-order valence-electron chi connectivity index (χ3n) is 8.37. The van der Waals surface area contributed by atoms with Gasteiger partial charge in [0.2, 0.25) is 0 Å². The van der Waals surface area contributed by atoms with Crippen LogP contribution in [0.3, 0.4) is 0 Å². The summed E-state index contributed by atoms with van der Waals surface area (Å²) in [5.74, 6) is 0.267. The lowest BCUT2D eigenvalue weighted by atomic mass is 9.62. The average molecular weight is 445 g/mol. The normalized spacial score (nSPS) is 34.9. The SMILES string of the molecule is CCC(O)(CC)C/C=C/C(C)C1=CCC2/C(=C/C=C3/CC(O)CC(F)C3=O)CCCC12C. The summed E-state index contributed by atoms with van der Waals surface area (Å²) in [7, 11) is 0. The molecule has 3 rings (SSSR count). The Morgan fingerprint density at radius 2 is 2.03 bits per heavy atom. The second kappa shape index (κ2) is 10.2. The molecule has 0 spiro atoms. The van der Waals surface area contributed by atoms with E-state index in [1.807, 2.05) is 19.9 Å². The molecule has 0 aromatic carbocycles. The van der Waals surface area contributed by atoms with Crippen LogP contribution in [0.15, 0.2) is 47.1 Å². The van der Waals surface area contributed by atoms with Gasteiger partial charge in [-0.15, -0.1) is 0 Å². The zero-order valence-electron chi connectivity index (χ0n) is 20.2. The van der Waals surface area contributed by atoms with Gasteiger partial charge in [0.25, 0.3) is 0 Å². The molecule has 0 aromatic heterocycles. The molecule has 2 saturated carbocycles. The van der Waals surface area contributed by atoms with Crippen LogP contribution in [0.4, 0.5) is 4.39 Å². The van der Waals surface area contributed by atoms with Crippen LogP contribution in [0, 0.1) is 17.3 Å². The Labute approximate surface area is 193 Å².